The SMILES string of the molecule is CC(Oc1cc(-c2cnn(CCC(F)(F)F)c2)cc2nn(C)cc12)[C@H]1CNC(=O)C1. The average molecular weight is 421 g/mol. The van der Waals surface area contributed by atoms with E-state index in [0.717, 1.165) is 10.9 Å². The van der Waals surface area contributed by atoms with Crippen LogP contribution in [0, 0.1) is 5.92 Å². The third kappa shape index (κ3) is 4.42. The number of nitrogens with zero attached hydrogens (tertiary/aromatic N) is 4. The maximum atomic E-state index is 12.5. The van der Waals surface area contributed by atoms with Crippen LogP contribution in [0.4, 0.5) is 13.2 Å². The van der Waals surface area contributed by atoms with Crippen LogP contribution in [-0.4, -0.2) is 44.3 Å². The zero-order chi connectivity index (χ0) is 21.5. The van der Waals surface area contributed by atoms with Crippen LogP contribution < -0.4 is 10.1 Å². The van der Waals surface area contributed by atoms with E-state index in [2.05, 4.69) is 15.5 Å². The van der Waals surface area contributed by atoms with Gasteiger partial charge < -0.3 is 10.1 Å². The fourth-order valence-corrected chi connectivity index (χ4v) is 3.61. The molecule has 4 rings (SSSR count). The molecule has 1 aromatic carbocycles. The zero-order valence-corrected chi connectivity index (χ0v) is 16.6. The summed E-state index contributed by atoms with van der Waals surface area (Å²) < 4.78 is 46.6. The van der Waals surface area contributed by atoms with E-state index >= 15 is 0 Å². The quantitative estimate of drug-likeness (QED) is 0.663. The van der Waals surface area contributed by atoms with Crippen LogP contribution in [-0.2, 0) is 18.4 Å². The first kappa shape index (κ1) is 20.2. The van der Waals surface area contributed by atoms with Gasteiger partial charge in [0.15, 0.2) is 0 Å². The van der Waals surface area contributed by atoms with Crippen molar-refractivity contribution in [3.05, 3.63) is 30.7 Å². The number of alkyl halides is 3. The lowest BCUT2D eigenvalue weighted by Crippen LogP contribution is -2.25. The lowest BCUT2D eigenvalue weighted by molar-refractivity contribution is -0.137. The Morgan fingerprint density at radius 2 is 2.10 bits per heavy atom. The first-order valence-electron chi connectivity index (χ1n) is 9.68. The molecule has 1 amide bonds. The van der Waals surface area contributed by atoms with Crippen molar-refractivity contribution in [3.8, 4) is 16.9 Å². The number of aromatic nitrogens is 4. The normalized spacial score (nSPS) is 18.0. The second-order valence-corrected chi connectivity index (χ2v) is 7.66. The number of carbonyl (C=O) groups is 1. The maximum absolute atomic E-state index is 12.5. The number of benzene rings is 1. The van der Waals surface area contributed by atoms with Crippen molar-refractivity contribution in [1.82, 2.24) is 24.9 Å². The first-order valence-corrected chi connectivity index (χ1v) is 9.68. The van der Waals surface area contributed by atoms with Crippen LogP contribution in [0.2, 0.25) is 0 Å². The zero-order valence-electron chi connectivity index (χ0n) is 16.6. The molecule has 0 aliphatic carbocycles. The Hall–Kier alpha value is -3.04. The molecular formula is C20H22F3N5O2. The number of halogens is 3. The molecule has 0 bridgehead atoms. The van der Waals surface area contributed by atoms with Gasteiger partial charge in [-0.05, 0) is 24.6 Å². The number of ether oxygens (including phenoxy) is 1. The Balaban J connectivity index is 1.62. The van der Waals surface area contributed by atoms with E-state index in [1.54, 1.807) is 10.9 Å². The number of fused-ring (bicyclic) bond motifs is 1. The third-order valence-electron chi connectivity index (χ3n) is 5.28. The molecule has 0 spiro atoms. The van der Waals surface area contributed by atoms with Crippen LogP contribution in [0.5, 0.6) is 5.75 Å². The molecule has 7 nitrogen and oxygen atoms in total. The summed E-state index contributed by atoms with van der Waals surface area (Å²) in [6.45, 7) is 2.26. The van der Waals surface area contributed by atoms with Crippen molar-refractivity contribution in [2.24, 2.45) is 13.0 Å². The number of nitrogens with one attached hydrogen (secondary N) is 1. The summed E-state index contributed by atoms with van der Waals surface area (Å²) in [4.78, 5) is 11.5. The van der Waals surface area contributed by atoms with E-state index in [4.69, 9.17) is 4.74 Å². The lowest BCUT2D eigenvalue weighted by Gasteiger charge is -2.20. The van der Waals surface area contributed by atoms with E-state index in [9.17, 15) is 18.0 Å². The highest BCUT2D eigenvalue weighted by Crippen LogP contribution is 2.34. The standard InChI is InChI=1S/C20H22F3N5O2/c1-12(14-7-19(29)24-8-14)30-18-6-13(5-17-16(18)11-27(2)26-17)15-9-25-28(10-15)4-3-20(21,22)23/h5-6,9-12,14H,3-4,7-8H2,1-2H3,(H,24,29)/t12?,14-/m1/s1. The predicted octanol–water partition coefficient (Wildman–Crippen LogP) is 3.29. The number of carbonyl (C=O) groups excluding carboxylic acids is 1. The van der Waals surface area contributed by atoms with Crippen LogP contribution in [0.15, 0.2) is 30.7 Å². The minimum atomic E-state index is -4.23. The fraction of sp³-hybridized carbons (Fsp3) is 0.450. The highest BCUT2D eigenvalue weighted by atomic mass is 19.4. The molecule has 1 fully saturated rings. The molecule has 2 aromatic heterocycles. The third-order valence-corrected chi connectivity index (χ3v) is 5.28. The van der Waals surface area contributed by atoms with Crippen LogP contribution in [0.25, 0.3) is 22.0 Å². The largest absolute Gasteiger partial charge is 0.490 e. The highest BCUT2D eigenvalue weighted by molar-refractivity contribution is 5.89. The summed E-state index contributed by atoms with van der Waals surface area (Å²) in [5.74, 6) is 0.700. The van der Waals surface area contributed by atoms with Gasteiger partial charge in [-0.3, -0.25) is 14.2 Å². The molecule has 0 radical (unpaired) electrons. The van der Waals surface area contributed by atoms with Crippen LogP contribution in [0.3, 0.4) is 0 Å². The van der Waals surface area contributed by atoms with Gasteiger partial charge in [-0.2, -0.15) is 23.4 Å². The minimum Gasteiger partial charge on any atom is -0.490 e. The summed E-state index contributed by atoms with van der Waals surface area (Å²) in [5, 5.41) is 12.1. The number of aryl methyl sites for hydroxylation is 2. The van der Waals surface area contributed by atoms with Crippen molar-refractivity contribution in [2.75, 3.05) is 6.54 Å². The van der Waals surface area contributed by atoms with Gasteiger partial charge >= 0.3 is 6.18 Å². The Bertz CT molecular complexity index is 1070. The number of rotatable bonds is 6. The molecule has 0 saturated carbocycles. The minimum absolute atomic E-state index is 0.0157. The number of hydrogen-bond donors (Lipinski definition) is 1. The van der Waals surface area contributed by atoms with E-state index in [-0.39, 0.29) is 24.5 Å². The highest BCUT2D eigenvalue weighted by Gasteiger charge is 2.29. The monoisotopic (exact) mass is 421 g/mol. The molecule has 1 unspecified atom stereocenters. The Morgan fingerprint density at radius 1 is 1.30 bits per heavy atom. The summed E-state index contributed by atoms with van der Waals surface area (Å²) in [5.41, 5.74) is 2.14. The molecule has 1 aliphatic heterocycles. The second kappa shape index (κ2) is 7.66. The Kier molecular flexibility index (Phi) is 5.17. The van der Waals surface area contributed by atoms with Gasteiger partial charge in [-0.25, -0.2) is 0 Å². The molecule has 160 valence electrons. The van der Waals surface area contributed by atoms with Gasteiger partial charge in [0, 0.05) is 50.4 Å². The fourth-order valence-electron chi connectivity index (χ4n) is 3.61. The molecule has 30 heavy (non-hydrogen) atoms. The second-order valence-electron chi connectivity index (χ2n) is 7.66. The molecule has 3 heterocycles. The summed E-state index contributed by atoms with van der Waals surface area (Å²) in [6.07, 6.45) is 0.0299. The van der Waals surface area contributed by atoms with E-state index < -0.39 is 12.6 Å². The van der Waals surface area contributed by atoms with Gasteiger partial charge in [0.2, 0.25) is 5.91 Å². The molecule has 10 heteroatoms. The molecular weight excluding hydrogens is 399 g/mol. The van der Waals surface area contributed by atoms with Crippen molar-refractivity contribution < 1.29 is 22.7 Å². The smallest absolute Gasteiger partial charge is 0.390 e. The molecule has 1 aliphatic rings. The number of amides is 1. The van der Waals surface area contributed by atoms with Crippen molar-refractivity contribution in [3.63, 3.8) is 0 Å². The molecule has 3 aromatic rings. The summed E-state index contributed by atoms with van der Waals surface area (Å²) >= 11 is 0. The molecule has 1 N–H and O–H groups in total. The summed E-state index contributed by atoms with van der Waals surface area (Å²) in [7, 11) is 1.81. The van der Waals surface area contributed by atoms with Gasteiger partial charge in [-0.1, -0.05) is 0 Å². The molecule has 1 saturated heterocycles. The van der Waals surface area contributed by atoms with Gasteiger partial charge in [0.25, 0.3) is 0 Å². The van der Waals surface area contributed by atoms with Gasteiger partial charge in [0.1, 0.15) is 11.9 Å². The van der Waals surface area contributed by atoms with Crippen molar-refractivity contribution in [1.29, 1.82) is 0 Å². The topological polar surface area (TPSA) is 74.0 Å². The van der Waals surface area contributed by atoms with E-state index in [1.165, 1.54) is 10.9 Å². The van der Waals surface area contributed by atoms with Crippen molar-refractivity contribution in [2.45, 2.75) is 38.6 Å². The van der Waals surface area contributed by atoms with Gasteiger partial charge in [-0.15, -0.1) is 0 Å². The summed E-state index contributed by atoms with van der Waals surface area (Å²) in [6, 6.07) is 3.70. The van der Waals surface area contributed by atoms with Crippen LogP contribution in [0.1, 0.15) is 19.8 Å². The van der Waals surface area contributed by atoms with E-state index in [0.29, 0.717) is 29.8 Å². The van der Waals surface area contributed by atoms with Crippen LogP contribution >= 0.6 is 0 Å². The predicted molar refractivity (Wildman–Crippen MR) is 104 cm³/mol. The lowest BCUT2D eigenvalue weighted by atomic mass is 10.0. The maximum Gasteiger partial charge on any atom is 0.390 e. The first-order chi connectivity index (χ1) is 14.2. The Labute approximate surface area is 170 Å². The van der Waals surface area contributed by atoms with Gasteiger partial charge in [0.05, 0.1) is 23.5 Å². The van der Waals surface area contributed by atoms with Crippen molar-refractivity contribution >= 4 is 16.8 Å². The molecule has 2 atom stereocenters. The average Bonchev–Trinajstić information content (AvgIpc) is 3.38. The number of hydrogen-bond acceptors (Lipinski definition) is 4. The van der Waals surface area contributed by atoms with E-state index in [1.807, 2.05) is 32.3 Å². The Morgan fingerprint density at radius 3 is 2.80 bits per heavy atom.